The monoisotopic (exact) mass is 204 g/mol. The Hall–Kier alpha value is -1.61. The quantitative estimate of drug-likeness (QED) is 0.725. The summed E-state index contributed by atoms with van der Waals surface area (Å²) < 4.78 is 0. The first-order valence-corrected chi connectivity index (χ1v) is 4.40. The highest BCUT2D eigenvalue weighted by Gasteiger charge is 2.02. The molecule has 0 aliphatic carbocycles. The molecule has 69 valence electrons. The van der Waals surface area contributed by atoms with Gasteiger partial charge in [0.1, 0.15) is 5.15 Å². The van der Waals surface area contributed by atoms with Crippen LogP contribution >= 0.6 is 11.6 Å². The van der Waals surface area contributed by atoms with Gasteiger partial charge in [0.2, 0.25) is 5.95 Å². The Bertz CT molecular complexity index is 422. The Morgan fingerprint density at radius 1 is 1.21 bits per heavy atom. The molecule has 3 nitrogen and oxygen atoms in total. The van der Waals surface area contributed by atoms with Gasteiger partial charge in [-0.3, -0.25) is 0 Å². The van der Waals surface area contributed by atoms with Crippen molar-refractivity contribution in [3.63, 3.8) is 0 Å². The zero-order valence-electron chi connectivity index (χ0n) is 7.24. The average molecular weight is 205 g/mol. The number of halogens is 1. The molecule has 0 aliphatic rings. The summed E-state index contributed by atoms with van der Waals surface area (Å²) in [6.45, 7) is 0. The van der Waals surface area contributed by atoms with Crippen LogP contribution in [0.3, 0.4) is 0 Å². The highest BCUT2D eigenvalue weighted by molar-refractivity contribution is 6.29. The van der Waals surface area contributed by atoms with Crippen LogP contribution in [0.5, 0.6) is 0 Å². The molecule has 0 fully saturated rings. The predicted octanol–water partition coefficient (Wildman–Crippen LogP) is 2.18. The molecule has 0 atom stereocenters. The molecule has 2 N–H and O–H groups in total. The van der Waals surface area contributed by atoms with Gasteiger partial charge in [-0.05, 0) is 6.07 Å². The lowest BCUT2D eigenvalue weighted by molar-refractivity contribution is 1.19. The zero-order chi connectivity index (χ0) is 9.97. The number of anilines is 1. The first-order valence-electron chi connectivity index (χ1n) is 4.02. The number of rotatable bonds is 1. The van der Waals surface area contributed by atoms with Gasteiger partial charge in [-0.1, -0.05) is 35.9 Å². The molecule has 0 saturated carbocycles. The van der Waals surface area contributed by atoms with E-state index in [1.165, 1.54) is 0 Å². The standard InChI is InChI=1S/C10H7ClN3/c11-9-6-8(13-10(12)14-9)7-4-2-1-3-5-7/h2-6H,(H2,12,13,14). The number of aromatic nitrogens is 2. The average Bonchev–Trinajstić information content (AvgIpc) is 2.18. The van der Waals surface area contributed by atoms with Crippen LogP contribution in [0.25, 0.3) is 11.3 Å². The van der Waals surface area contributed by atoms with Crippen LogP contribution in [-0.2, 0) is 0 Å². The van der Waals surface area contributed by atoms with Crippen LogP contribution in [-0.4, -0.2) is 9.97 Å². The first kappa shape index (κ1) is 8.97. The van der Waals surface area contributed by atoms with Gasteiger partial charge in [-0.25, -0.2) is 9.97 Å². The lowest BCUT2D eigenvalue weighted by atomic mass is 10.1. The zero-order valence-corrected chi connectivity index (χ0v) is 7.99. The molecule has 2 rings (SSSR count). The molecular formula is C10H7ClN3. The lowest BCUT2D eigenvalue weighted by Crippen LogP contribution is -1.96. The van der Waals surface area contributed by atoms with E-state index >= 15 is 0 Å². The molecule has 1 heterocycles. The number of hydrogen-bond acceptors (Lipinski definition) is 3. The third-order valence-electron chi connectivity index (χ3n) is 1.73. The third kappa shape index (κ3) is 1.83. The minimum atomic E-state index is 0.181. The van der Waals surface area contributed by atoms with E-state index in [9.17, 15) is 0 Å². The fourth-order valence-corrected chi connectivity index (χ4v) is 1.33. The maximum absolute atomic E-state index is 5.76. The largest absolute Gasteiger partial charge is 0.368 e. The third-order valence-corrected chi connectivity index (χ3v) is 1.92. The number of benzene rings is 1. The fourth-order valence-electron chi connectivity index (χ4n) is 1.14. The summed E-state index contributed by atoms with van der Waals surface area (Å²) in [5.74, 6) is 0.181. The van der Waals surface area contributed by atoms with E-state index in [4.69, 9.17) is 17.3 Å². The van der Waals surface area contributed by atoms with E-state index in [0.717, 1.165) is 11.3 Å². The Balaban J connectivity index is 2.52. The van der Waals surface area contributed by atoms with E-state index in [2.05, 4.69) is 16.0 Å². The number of hydrogen-bond donors (Lipinski definition) is 1. The maximum Gasteiger partial charge on any atom is 0.221 e. The van der Waals surface area contributed by atoms with Crippen LogP contribution in [0.2, 0.25) is 5.15 Å². The molecule has 14 heavy (non-hydrogen) atoms. The van der Waals surface area contributed by atoms with Gasteiger partial charge >= 0.3 is 0 Å². The topological polar surface area (TPSA) is 51.8 Å². The Kier molecular flexibility index (Phi) is 2.33. The molecule has 0 amide bonds. The van der Waals surface area contributed by atoms with Crippen molar-refractivity contribution < 1.29 is 0 Å². The molecule has 0 spiro atoms. The molecule has 0 aliphatic heterocycles. The van der Waals surface area contributed by atoms with Crippen LogP contribution in [0.4, 0.5) is 5.95 Å². The Labute approximate surface area is 86.6 Å². The van der Waals surface area contributed by atoms with Crippen molar-refractivity contribution in [2.24, 2.45) is 0 Å². The van der Waals surface area contributed by atoms with Crippen LogP contribution in [0.1, 0.15) is 0 Å². The second kappa shape index (κ2) is 3.64. The highest BCUT2D eigenvalue weighted by atomic mass is 35.5. The fraction of sp³-hybridized carbons (Fsp3) is 0. The van der Waals surface area contributed by atoms with E-state index in [1.807, 2.05) is 24.3 Å². The van der Waals surface area contributed by atoms with Gasteiger partial charge < -0.3 is 5.73 Å². The molecule has 0 bridgehead atoms. The number of nitrogens with two attached hydrogens (primary N) is 1. The molecule has 1 radical (unpaired) electrons. The van der Waals surface area contributed by atoms with Gasteiger partial charge in [0, 0.05) is 11.6 Å². The normalized spacial score (nSPS) is 10.1. The van der Waals surface area contributed by atoms with Crippen molar-refractivity contribution in [3.8, 4) is 11.3 Å². The van der Waals surface area contributed by atoms with Crippen molar-refractivity contribution in [1.82, 2.24) is 9.97 Å². The van der Waals surface area contributed by atoms with E-state index in [1.54, 1.807) is 6.07 Å². The van der Waals surface area contributed by atoms with Crippen LogP contribution in [0, 0.1) is 6.07 Å². The molecule has 4 heteroatoms. The van der Waals surface area contributed by atoms with Crippen LogP contribution in [0.15, 0.2) is 30.3 Å². The van der Waals surface area contributed by atoms with E-state index in [-0.39, 0.29) is 5.95 Å². The summed E-state index contributed by atoms with van der Waals surface area (Å²) >= 11 is 5.76. The highest BCUT2D eigenvalue weighted by Crippen LogP contribution is 2.19. The summed E-state index contributed by atoms with van der Waals surface area (Å²) in [6.07, 6.45) is 0. The van der Waals surface area contributed by atoms with Gasteiger partial charge in [0.15, 0.2) is 0 Å². The Morgan fingerprint density at radius 3 is 2.57 bits per heavy atom. The molecule has 1 aromatic carbocycles. The number of nitrogen functional groups attached to an aromatic ring is 1. The summed E-state index contributed by atoms with van der Waals surface area (Å²) in [4.78, 5) is 7.86. The molecule has 0 saturated heterocycles. The van der Waals surface area contributed by atoms with Crippen molar-refractivity contribution in [1.29, 1.82) is 0 Å². The lowest BCUT2D eigenvalue weighted by Gasteiger charge is -2.01. The minimum Gasteiger partial charge on any atom is -0.368 e. The SMILES string of the molecule is Nc1nc(Cl)cc(-c2cc[c]cc2)n1. The van der Waals surface area contributed by atoms with Crippen molar-refractivity contribution >= 4 is 17.5 Å². The molecule has 1 aromatic heterocycles. The molecule has 0 unspecified atom stereocenters. The molecule has 2 aromatic rings. The predicted molar refractivity (Wildman–Crippen MR) is 55.7 cm³/mol. The maximum atomic E-state index is 5.76. The first-order chi connectivity index (χ1) is 6.75. The Morgan fingerprint density at radius 2 is 1.93 bits per heavy atom. The summed E-state index contributed by atoms with van der Waals surface area (Å²) in [5, 5.41) is 0.348. The molecular weight excluding hydrogens is 198 g/mol. The second-order valence-electron chi connectivity index (χ2n) is 2.72. The number of nitrogens with zero attached hydrogens (tertiary/aromatic N) is 2. The van der Waals surface area contributed by atoms with Gasteiger partial charge in [-0.2, -0.15) is 0 Å². The van der Waals surface area contributed by atoms with Gasteiger partial charge in [-0.15, -0.1) is 0 Å². The van der Waals surface area contributed by atoms with Crippen molar-refractivity contribution in [3.05, 3.63) is 41.6 Å². The second-order valence-corrected chi connectivity index (χ2v) is 3.11. The minimum absolute atomic E-state index is 0.181. The van der Waals surface area contributed by atoms with Gasteiger partial charge in [0.05, 0.1) is 5.69 Å². The smallest absolute Gasteiger partial charge is 0.221 e. The summed E-state index contributed by atoms with van der Waals surface area (Å²) in [5.41, 5.74) is 7.15. The summed E-state index contributed by atoms with van der Waals surface area (Å²) in [6, 6.07) is 12.0. The van der Waals surface area contributed by atoms with Crippen molar-refractivity contribution in [2.45, 2.75) is 0 Å². The van der Waals surface area contributed by atoms with Crippen LogP contribution < -0.4 is 5.73 Å². The van der Waals surface area contributed by atoms with Crippen molar-refractivity contribution in [2.75, 3.05) is 5.73 Å². The summed E-state index contributed by atoms with van der Waals surface area (Å²) in [7, 11) is 0. The van der Waals surface area contributed by atoms with Gasteiger partial charge in [0.25, 0.3) is 0 Å². The van der Waals surface area contributed by atoms with E-state index < -0.39 is 0 Å². The van der Waals surface area contributed by atoms with E-state index in [0.29, 0.717) is 5.15 Å².